The van der Waals surface area contributed by atoms with Crippen molar-refractivity contribution in [2.45, 2.75) is 12.5 Å². The zero-order valence-electron chi connectivity index (χ0n) is 13.1. The van der Waals surface area contributed by atoms with E-state index in [9.17, 15) is 17.6 Å². The Balaban J connectivity index is 2.19. The highest BCUT2D eigenvalue weighted by molar-refractivity contribution is 7.88. The fraction of sp³-hybridized carbons (Fsp3) is 0.188. The monoisotopic (exact) mass is 404 g/mol. The molecular formula is C16H15Cl2FN2O3S. The summed E-state index contributed by atoms with van der Waals surface area (Å²) in [5.74, 6) is -0.938. The zero-order valence-corrected chi connectivity index (χ0v) is 15.4. The van der Waals surface area contributed by atoms with Crippen LogP contribution < -0.4 is 10.0 Å². The number of rotatable bonds is 6. The minimum absolute atomic E-state index is 0.187. The first-order valence-electron chi connectivity index (χ1n) is 7.12. The third kappa shape index (κ3) is 5.97. The normalized spacial score (nSPS) is 12.6. The van der Waals surface area contributed by atoms with Gasteiger partial charge in [-0.2, -0.15) is 0 Å². The highest BCUT2D eigenvalue weighted by atomic mass is 35.5. The van der Waals surface area contributed by atoms with Crippen LogP contribution in [0.15, 0.2) is 42.5 Å². The van der Waals surface area contributed by atoms with Gasteiger partial charge in [-0.25, -0.2) is 17.5 Å². The summed E-state index contributed by atoms with van der Waals surface area (Å²) in [5, 5.41) is 3.05. The van der Waals surface area contributed by atoms with E-state index in [1.165, 1.54) is 24.3 Å². The molecule has 5 nitrogen and oxygen atoms in total. The number of benzene rings is 2. The van der Waals surface area contributed by atoms with Gasteiger partial charge >= 0.3 is 0 Å². The molecule has 1 unspecified atom stereocenters. The average molecular weight is 405 g/mol. The lowest BCUT2D eigenvalue weighted by Gasteiger charge is -2.18. The summed E-state index contributed by atoms with van der Waals surface area (Å²) in [5.41, 5.74) is 0.774. The van der Waals surface area contributed by atoms with E-state index < -0.39 is 27.8 Å². The van der Waals surface area contributed by atoms with Gasteiger partial charge in [0, 0.05) is 6.42 Å². The predicted octanol–water partition coefficient (Wildman–Crippen LogP) is 3.75. The van der Waals surface area contributed by atoms with Gasteiger partial charge in [0.2, 0.25) is 15.9 Å². The number of anilines is 1. The summed E-state index contributed by atoms with van der Waals surface area (Å²) in [7, 11) is -3.59. The number of amides is 1. The Hall–Kier alpha value is -1.67. The van der Waals surface area contributed by atoms with Crippen LogP contribution in [0.5, 0.6) is 0 Å². The SMILES string of the molecule is CS(=O)(=O)NC(CC(=O)Nc1cccc(Cl)c1Cl)c1ccc(F)cc1. The van der Waals surface area contributed by atoms with E-state index in [4.69, 9.17) is 23.2 Å². The standard InChI is InChI=1S/C16H15Cl2FN2O3S/c1-25(23,24)21-14(10-5-7-11(19)8-6-10)9-15(22)20-13-4-2-3-12(17)16(13)18/h2-8,14,21H,9H2,1H3,(H,20,22). The molecule has 0 aliphatic carbocycles. The van der Waals surface area contributed by atoms with Gasteiger partial charge in [-0.1, -0.05) is 41.4 Å². The van der Waals surface area contributed by atoms with Crippen LogP contribution >= 0.6 is 23.2 Å². The zero-order chi connectivity index (χ0) is 18.6. The first-order chi connectivity index (χ1) is 11.7. The molecule has 2 aromatic rings. The Labute approximate surface area is 155 Å². The number of nitrogens with one attached hydrogen (secondary N) is 2. The van der Waals surface area contributed by atoms with Gasteiger partial charge in [-0.3, -0.25) is 4.79 Å². The summed E-state index contributed by atoms with van der Waals surface area (Å²) in [6.07, 6.45) is 0.775. The van der Waals surface area contributed by atoms with Crippen LogP contribution in [0, 0.1) is 5.82 Å². The largest absolute Gasteiger partial charge is 0.325 e. The fourth-order valence-electron chi connectivity index (χ4n) is 2.17. The third-order valence-corrected chi connectivity index (χ3v) is 4.78. The maximum atomic E-state index is 13.1. The molecular weight excluding hydrogens is 390 g/mol. The van der Waals surface area contributed by atoms with Crippen molar-refractivity contribution in [3.63, 3.8) is 0 Å². The minimum atomic E-state index is -3.59. The van der Waals surface area contributed by atoms with Crippen molar-refractivity contribution < 1.29 is 17.6 Å². The molecule has 0 aromatic heterocycles. The Morgan fingerprint density at radius 1 is 1.16 bits per heavy atom. The van der Waals surface area contributed by atoms with E-state index >= 15 is 0 Å². The Morgan fingerprint density at radius 2 is 1.80 bits per heavy atom. The number of hydrogen-bond acceptors (Lipinski definition) is 3. The second kappa shape index (κ2) is 8.14. The molecule has 0 bridgehead atoms. The van der Waals surface area contributed by atoms with Crippen molar-refractivity contribution in [3.8, 4) is 0 Å². The van der Waals surface area contributed by atoms with Crippen molar-refractivity contribution >= 4 is 44.8 Å². The molecule has 0 fully saturated rings. The third-order valence-electron chi connectivity index (χ3n) is 3.24. The molecule has 2 N–H and O–H groups in total. The van der Waals surface area contributed by atoms with Crippen LogP contribution in [0.3, 0.4) is 0 Å². The van der Waals surface area contributed by atoms with Gasteiger partial charge < -0.3 is 5.32 Å². The lowest BCUT2D eigenvalue weighted by atomic mass is 10.0. The van der Waals surface area contributed by atoms with Crippen molar-refractivity contribution in [3.05, 3.63) is 63.9 Å². The highest BCUT2D eigenvalue weighted by Gasteiger charge is 2.20. The lowest BCUT2D eigenvalue weighted by Crippen LogP contribution is -2.30. The molecule has 0 radical (unpaired) electrons. The summed E-state index contributed by atoms with van der Waals surface area (Å²) in [4.78, 5) is 12.3. The molecule has 0 spiro atoms. The van der Waals surface area contributed by atoms with E-state index in [1.807, 2.05) is 0 Å². The Morgan fingerprint density at radius 3 is 2.40 bits per heavy atom. The molecule has 2 rings (SSSR count). The smallest absolute Gasteiger partial charge is 0.226 e. The van der Waals surface area contributed by atoms with Crippen LogP contribution in [0.25, 0.3) is 0 Å². The Bertz CT molecular complexity index is 873. The van der Waals surface area contributed by atoms with Crippen LogP contribution in [0.1, 0.15) is 18.0 Å². The molecule has 0 heterocycles. The molecule has 134 valence electrons. The topological polar surface area (TPSA) is 75.3 Å². The highest BCUT2D eigenvalue weighted by Crippen LogP contribution is 2.30. The van der Waals surface area contributed by atoms with Gasteiger partial charge in [0.05, 0.1) is 28.0 Å². The van der Waals surface area contributed by atoms with Gasteiger partial charge in [0.15, 0.2) is 0 Å². The van der Waals surface area contributed by atoms with Crippen LogP contribution in [-0.4, -0.2) is 20.6 Å². The number of carbonyl (C=O) groups excluding carboxylic acids is 1. The van der Waals surface area contributed by atoms with Gasteiger partial charge in [0.1, 0.15) is 5.82 Å². The van der Waals surface area contributed by atoms with Crippen molar-refractivity contribution in [2.75, 3.05) is 11.6 Å². The molecule has 9 heteroatoms. The van der Waals surface area contributed by atoms with Crippen LogP contribution in [-0.2, 0) is 14.8 Å². The second-order valence-corrected chi connectivity index (χ2v) is 7.91. The van der Waals surface area contributed by atoms with Gasteiger partial charge in [0.25, 0.3) is 0 Å². The van der Waals surface area contributed by atoms with E-state index in [2.05, 4.69) is 10.0 Å². The summed E-state index contributed by atoms with van der Waals surface area (Å²) in [6, 6.07) is 9.13. The maximum Gasteiger partial charge on any atom is 0.226 e. The molecule has 0 aliphatic rings. The van der Waals surface area contributed by atoms with E-state index in [1.54, 1.807) is 18.2 Å². The van der Waals surface area contributed by atoms with E-state index in [-0.39, 0.29) is 16.5 Å². The molecule has 25 heavy (non-hydrogen) atoms. The van der Waals surface area contributed by atoms with Crippen molar-refractivity contribution in [1.82, 2.24) is 4.72 Å². The second-order valence-electron chi connectivity index (χ2n) is 5.35. The lowest BCUT2D eigenvalue weighted by molar-refractivity contribution is -0.116. The quantitative estimate of drug-likeness (QED) is 0.769. The number of carbonyl (C=O) groups is 1. The molecule has 1 atom stereocenters. The van der Waals surface area contributed by atoms with Gasteiger partial charge in [-0.05, 0) is 29.8 Å². The summed E-state index contributed by atoms with van der Waals surface area (Å²) < 4.78 is 38.6. The molecule has 0 saturated carbocycles. The minimum Gasteiger partial charge on any atom is -0.325 e. The molecule has 1 amide bonds. The van der Waals surface area contributed by atoms with Gasteiger partial charge in [-0.15, -0.1) is 0 Å². The van der Waals surface area contributed by atoms with Crippen LogP contribution in [0.4, 0.5) is 10.1 Å². The number of hydrogen-bond donors (Lipinski definition) is 2. The first kappa shape index (κ1) is 19.7. The molecule has 0 aliphatic heterocycles. The number of halogens is 3. The van der Waals surface area contributed by atoms with Crippen molar-refractivity contribution in [2.24, 2.45) is 0 Å². The average Bonchev–Trinajstić information content (AvgIpc) is 2.50. The predicted molar refractivity (Wildman–Crippen MR) is 96.8 cm³/mol. The number of sulfonamides is 1. The van der Waals surface area contributed by atoms with Crippen molar-refractivity contribution in [1.29, 1.82) is 0 Å². The first-order valence-corrected chi connectivity index (χ1v) is 9.77. The fourth-order valence-corrected chi connectivity index (χ4v) is 3.25. The molecule has 0 saturated heterocycles. The Kier molecular flexibility index (Phi) is 6.40. The maximum absolute atomic E-state index is 13.1. The molecule has 2 aromatic carbocycles. The van der Waals surface area contributed by atoms with Crippen LogP contribution in [0.2, 0.25) is 10.0 Å². The van der Waals surface area contributed by atoms with E-state index in [0.29, 0.717) is 11.3 Å². The summed E-state index contributed by atoms with van der Waals surface area (Å²) in [6.45, 7) is 0. The summed E-state index contributed by atoms with van der Waals surface area (Å²) >= 11 is 11.9. The van der Waals surface area contributed by atoms with E-state index in [0.717, 1.165) is 6.26 Å².